The zero-order chi connectivity index (χ0) is 14.3. The fourth-order valence-electron chi connectivity index (χ4n) is 1.33. The maximum atomic E-state index is 11.4. The molecular weight excluding hydrogens is 250 g/mol. The summed E-state index contributed by atoms with van der Waals surface area (Å²) >= 11 is 0. The monoisotopic (exact) mass is 266 g/mol. The van der Waals surface area contributed by atoms with E-state index in [-0.39, 0.29) is 6.61 Å². The molecule has 1 aromatic rings. The van der Waals surface area contributed by atoms with Crippen molar-refractivity contribution < 1.29 is 24.2 Å². The van der Waals surface area contributed by atoms with Gasteiger partial charge in [-0.1, -0.05) is 12.1 Å². The van der Waals surface area contributed by atoms with Crippen molar-refractivity contribution in [2.24, 2.45) is 0 Å². The molecule has 1 rings (SSSR count). The molecule has 0 fully saturated rings. The quantitative estimate of drug-likeness (QED) is 0.733. The molecule has 19 heavy (non-hydrogen) atoms. The van der Waals surface area contributed by atoms with Crippen LogP contribution in [0, 0.1) is 0 Å². The van der Waals surface area contributed by atoms with Gasteiger partial charge in [-0.3, -0.25) is 4.79 Å². The number of nitrogens with one attached hydrogen (secondary N) is 1. The summed E-state index contributed by atoms with van der Waals surface area (Å²) < 4.78 is 10.6. The molecular formula is C13H16NO5-. The number of carboxylic acid groups (broad SMARTS) is 1. The Morgan fingerprint density at radius 1 is 1.26 bits per heavy atom. The van der Waals surface area contributed by atoms with Crippen molar-refractivity contribution >= 4 is 11.9 Å². The zero-order valence-electron chi connectivity index (χ0n) is 10.8. The Kier molecular flexibility index (Phi) is 5.66. The average Bonchev–Trinajstić information content (AvgIpc) is 2.38. The van der Waals surface area contributed by atoms with Gasteiger partial charge in [-0.2, -0.15) is 0 Å². The average molecular weight is 266 g/mol. The third kappa shape index (κ3) is 4.87. The smallest absolute Gasteiger partial charge is 0.258 e. The van der Waals surface area contributed by atoms with E-state index in [1.54, 1.807) is 24.3 Å². The third-order valence-electron chi connectivity index (χ3n) is 2.24. The van der Waals surface area contributed by atoms with E-state index in [9.17, 15) is 14.7 Å². The molecule has 0 spiro atoms. The van der Waals surface area contributed by atoms with Crippen LogP contribution in [0.2, 0.25) is 0 Å². The Hall–Kier alpha value is -2.24. The van der Waals surface area contributed by atoms with E-state index in [1.165, 1.54) is 6.92 Å². The fraction of sp³-hybridized carbons (Fsp3) is 0.385. The molecule has 104 valence electrons. The molecule has 0 aliphatic rings. The summed E-state index contributed by atoms with van der Waals surface area (Å²) in [5.41, 5.74) is 0. The highest BCUT2D eigenvalue weighted by atomic mass is 16.5. The number of carboxylic acids is 1. The van der Waals surface area contributed by atoms with Crippen LogP contribution in [0.15, 0.2) is 24.3 Å². The summed E-state index contributed by atoms with van der Waals surface area (Å²) in [7, 11) is 0. The second kappa shape index (κ2) is 7.25. The van der Waals surface area contributed by atoms with E-state index < -0.39 is 17.9 Å². The van der Waals surface area contributed by atoms with E-state index in [0.717, 1.165) is 0 Å². The Morgan fingerprint density at radius 2 is 1.84 bits per heavy atom. The van der Waals surface area contributed by atoms with Crippen LogP contribution in [0.25, 0.3) is 0 Å². The molecule has 0 saturated carbocycles. The normalized spacial score (nSPS) is 11.5. The molecule has 1 N–H and O–H groups in total. The Balaban J connectivity index is 2.52. The largest absolute Gasteiger partial charge is 0.548 e. The van der Waals surface area contributed by atoms with Gasteiger partial charge < -0.3 is 24.7 Å². The summed E-state index contributed by atoms with van der Waals surface area (Å²) in [6.45, 7) is 3.35. The van der Waals surface area contributed by atoms with Gasteiger partial charge in [0.1, 0.15) is 0 Å². The van der Waals surface area contributed by atoms with Crippen molar-refractivity contribution in [3.05, 3.63) is 24.3 Å². The first-order valence-electron chi connectivity index (χ1n) is 5.89. The lowest BCUT2D eigenvalue weighted by molar-refractivity contribution is -0.307. The molecule has 0 radical (unpaired) electrons. The molecule has 0 aliphatic carbocycles. The van der Waals surface area contributed by atoms with Gasteiger partial charge in [0.2, 0.25) is 0 Å². The van der Waals surface area contributed by atoms with Crippen molar-refractivity contribution in [3.8, 4) is 11.5 Å². The SMILES string of the molecule is CCOc1ccccc1OCC(=O)N[C@H](C)C(=O)[O-]. The summed E-state index contributed by atoms with van der Waals surface area (Å²) in [5, 5.41) is 12.7. The van der Waals surface area contributed by atoms with Gasteiger partial charge in [0.15, 0.2) is 18.1 Å². The number of carbonyl (C=O) groups is 2. The molecule has 0 saturated heterocycles. The van der Waals surface area contributed by atoms with Crippen molar-refractivity contribution in [1.82, 2.24) is 5.32 Å². The first-order chi connectivity index (χ1) is 9.04. The second-order valence-corrected chi connectivity index (χ2v) is 3.78. The standard InChI is InChI=1S/C13H17NO5/c1-3-18-10-6-4-5-7-11(10)19-8-12(15)14-9(2)13(16)17/h4-7,9H,3,8H2,1-2H3,(H,14,15)(H,16,17)/p-1/t9-/m1/s1. The molecule has 0 aromatic heterocycles. The molecule has 0 aliphatic heterocycles. The molecule has 0 heterocycles. The Labute approximate surface area is 111 Å². The van der Waals surface area contributed by atoms with Gasteiger partial charge in [0.25, 0.3) is 5.91 Å². The van der Waals surface area contributed by atoms with E-state index in [1.807, 2.05) is 6.92 Å². The molecule has 6 heteroatoms. The third-order valence-corrected chi connectivity index (χ3v) is 2.24. The summed E-state index contributed by atoms with van der Waals surface area (Å²) in [4.78, 5) is 21.9. The number of amides is 1. The number of ether oxygens (including phenoxy) is 2. The van der Waals surface area contributed by atoms with Crippen LogP contribution in [0.4, 0.5) is 0 Å². The second-order valence-electron chi connectivity index (χ2n) is 3.78. The molecule has 1 atom stereocenters. The Bertz CT molecular complexity index is 446. The Morgan fingerprint density at radius 3 is 2.37 bits per heavy atom. The predicted octanol–water partition coefficient (Wildman–Crippen LogP) is -0.281. The minimum Gasteiger partial charge on any atom is -0.548 e. The van der Waals surface area contributed by atoms with Gasteiger partial charge in [0.05, 0.1) is 18.6 Å². The molecule has 6 nitrogen and oxygen atoms in total. The number of hydrogen-bond acceptors (Lipinski definition) is 5. The van der Waals surface area contributed by atoms with Crippen LogP contribution in [0.5, 0.6) is 11.5 Å². The molecule has 1 amide bonds. The van der Waals surface area contributed by atoms with Crippen molar-refractivity contribution in [2.75, 3.05) is 13.2 Å². The van der Waals surface area contributed by atoms with Crippen LogP contribution in [0.1, 0.15) is 13.8 Å². The number of benzene rings is 1. The first-order valence-corrected chi connectivity index (χ1v) is 5.89. The summed E-state index contributed by atoms with van der Waals surface area (Å²) in [5.74, 6) is -0.919. The lowest BCUT2D eigenvalue weighted by Crippen LogP contribution is -2.47. The first kappa shape index (κ1) is 14.8. The topological polar surface area (TPSA) is 87.7 Å². The highest BCUT2D eigenvalue weighted by molar-refractivity contribution is 5.83. The maximum Gasteiger partial charge on any atom is 0.258 e. The van der Waals surface area contributed by atoms with Gasteiger partial charge in [-0.25, -0.2) is 0 Å². The number of rotatable bonds is 7. The predicted molar refractivity (Wildman–Crippen MR) is 65.7 cm³/mol. The van der Waals surface area contributed by atoms with E-state index in [2.05, 4.69) is 5.32 Å². The van der Waals surface area contributed by atoms with Crippen LogP contribution in [-0.4, -0.2) is 31.1 Å². The van der Waals surface area contributed by atoms with Crippen molar-refractivity contribution in [1.29, 1.82) is 0 Å². The van der Waals surface area contributed by atoms with Crippen LogP contribution < -0.4 is 19.9 Å². The molecule has 1 aromatic carbocycles. The summed E-state index contributed by atoms with van der Waals surface area (Å²) in [6.07, 6.45) is 0. The number of hydrogen-bond donors (Lipinski definition) is 1. The van der Waals surface area contributed by atoms with Crippen LogP contribution in [0.3, 0.4) is 0 Å². The lowest BCUT2D eigenvalue weighted by atomic mass is 10.3. The van der Waals surface area contributed by atoms with Crippen LogP contribution >= 0.6 is 0 Å². The van der Waals surface area contributed by atoms with Gasteiger partial charge in [0, 0.05) is 0 Å². The maximum absolute atomic E-state index is 11.4. The molecule has 0 bridgehead atoms. The lowest BCUT2D eigenvalue weighted by Gasteiger charge is -2.15. The van der Waals surface area contributed by atoms with Gasteiger partial charge >= 0.3 is 0 Å². The highest BCUT2D eigenvalue weighted by Crippen LogP contribution is 2.26. The minimum absolute atomic E-state index is 0.290. The minimum atomic E-state index is -1.34. The number of carbonyl (C=O) groups excluding carboxylic acids is 2. The number of para-hydroxylation sites is 2. The highest BCUT2D eigenvalue weighted by Gasteiger charge is 2.10. The molecule has 0 unspecified atom stereocenters. The summed E-state index contributed by atoms with van der Waals surface area (Å²) in [6, 6.07) is 5.87. The fourth-order valence-corrected chi connectivity index (χ4v) is 1.33. The van der Waals surface area contributed by atoms with E-state index >= 15 is 0 Å². The van der Waals surface area contributed by atoms with E-state index in [0.29, 0.717) is 18.1 Å². The zero-order valence-corrected chi connectivity index (χ0v) is 10.8. The van der Waals surface area contributed by atoms with Gasteiger partial charge in [-0.05, 0) is 26.0 Å². The number of aliphatic carboxylic acids is 1. The van der Waals surface area contributed by atoms with Gasteiger partial charge in [-0.15, -0.1) is 0 Å². The van der Waals surface area contributed by atoms with Crippen molar-refractivity contribution in [2.45, 2.75) is 19.9 Å². The van der Waals surface area contributed by atoms with E-state index in [4.69, 9.17) is 9.47 Å². The van der Waals surface area contributed by atoms with Crippen molar-refractivity contribution in [3.63, 3.8) is 0 Å². The van der Waals surface area contributed by atoms with Crippen LogP contribution in [-0.2, 0) is 9.59 Å².